The monoisotopic (exact) mass is 340 g/mol. The Morgan fingerprint density at radius 1 is 1.45 bits per heavy atom. The fourth-order valence-corrected chi connectivity index (χ4v) is 3.19. The number of halogens is 1. The van der Waals surface area contributed by atoms with Gasteiger partial charge in [0.25, 0.3) is 0 Å². The van der Waals surface area contributed by atoms with Crippen molar-refractivity contribution < 1.29 is 4.74 Å². The Bertz CT molecular complexity index is 425. The van der Waals surface area contributed by atoms with Crippen LogP contribution in [0.4, 0.5) is 5.69 Å². The topological polar surface area (TPSA) is 24.5 Å². The van der Waals surface area contributed by atoms with Gasteiger partial charge in [0, 0.05) is 43.4 Å². The van der Waals surface area contributed by atoms with Crippen LogP contribution in [-0.4, -0.2) is 33.4 Å². The van der Waals surface area contributed by atoms with E-state index in [9.17, 15) is 0 Å². The quantitative estimate of drug-likeness (QED) is 0.769. The van der Waals surface area contributed by atoms with Crippen molar-refractivity contribution in [3.63, 3.8) is 0 Å². The maximum atomic E-state index is 5.08. The van der Waals surface area contributed by atoms with E-state index in [0.29, 0.717) is 0 Å². The van der Waals surface area contributed by atoms with Gasteiger partial charge in [-0.25, -0.2) is 0 Å². The van der Waals surface area contributed by atoms with Gasteiger partial charge < -0.3 is 15.0 Å². The predicted molar refractivity (Wildman–Crippen MR) is 88.3 cm³/mol. The van der Waals surface area contributed by atoms with Crippen LogP contribution in [0.5, 0.6) is 0 Å². The highest BCUT2D eigenvalue weighted by Crippen LogP contribution is 2.30. The summed E-state index contributed by atoms with van der Waals surface area (Å²) in [6, 6.07) is 6.62. The average Bonchev–Trinajstić information content (AvgIpc) is 2.92. The van der Waals surface area contributed by atoms with Gasteiger partial charge in [-0.3, -0.25) is 0 Å². The zero-order chi connectivity index (χ0) is 14.4. The van der Waals surface area contributed by atoms with E-state index in [0.717, 1.165) is 30.1 Å². The Labute approximate surface area is 130 Å². The highest BCUT2D eigenvalue weighted by molar-refractivity contribution is 9.10. The second-order valence-electron chi connectivity index (χ2n) is 5.45. The highest BCUT2D eigenvalue weighted by atomic mass is 79.9. The molecule has 0 aromatic heterocycles. The number of anilines is 1. The first kappa shape index (κ1) is 15.8. The van der Waals surface area contributed by atoms with E-state index in [4.69, 9.17) is 4.74 Å². The van der Waals surface area contributed by atoms with Gasteiger partial charge >= 0.3 is 0 Å². The zero-order valence-electron chi connectivity index (χ0n) is 12.5. The lowest BCUT2D eigenvalue weighted by Crippen LogP contribution is -2.24. The van der Waals surface area contributed by atoms with E-state index < -0.39 is 0 Å². The highest BCUT2D eigenvalue weighted by Gasteiger charge is 2.22. The summed E-state index contributed by atoms with van der Waals surface area (Å²) in [6.07, 6.45) is 2.61. The fraction of sp³-hybridized carbons (Fsp3) is 0.625. The minimum absolute atomic E-state index is 0.755. The molecule has 1 atom stereocenters. The third-order valence-corrected chi connectivity index (χ3v) is 4.54. The number of hydrogen-bond acceptors (Lipinski definition) is 3. The van der Waals surface area contributed by atoms with Crippen molar-refractivity contribution in [3.8, 4) is 0 Å². The number of nitrogens with zero attached hydrogens (tertiary/aromatic N) is 1. The number of benzene rings is 1. The first-order valence-corrected chi connectivity index (χ1v) is 8.27. The second kappa shape index (κ2) is 8.01. The Balaban J connectivity index is 2.03. The van der Waals surface area contributed by atoms with E-state index in [1.165, 1.54) is 37.2 Å². The molecule has 0 spiro atoms. The van der Waals surface area contributed by atoms with Crippen LogP contribution in [0.2, 0.25) is 0 Å². The van der Waals surface area contributed by atoms with E-state index in [1.54, 1.807) is 7.11 Å². The molecule has 1 saturated heterocycles. The van der Waals surface area contributed by atoms with Gasteiger partial charge in [0.2, 0.25) is 0 Å². The molecule has 0 saturated carbocycles. The fourth-order valence-electron chi connectivity index (χ4n) is 2.79. The molecule has 112 valence electrons. The van der Waals surface area contributed by atoms with Crippen molar-refractivity contribution in [1.29, 1.82) is 0 Å². The lowest BCUT2D eigenvalue weighted by atomic mass is 10.1. The smallest absolute Gasteiger partial charge is 0.0587 e. The van der Waals surface area contributed by atoms with Crippen LogP contribution >= 0.6 is 15.9 Å². The summed E-state index contributed by atoms with van der Waals surface area (Å²) in [7, 11) is 1.74. The van der Waals surface area contributed by atoms with Gasteiger partial charge in [-0.1, -0.05) is 29.3 Å². The second-order valence-corrected chi connectivity index (χ2v) is 6.37. The van der Waals surface area contributed by atoms with Gasteiger partial charge in [-0.15, -0.1) is 0 Å². The molecule has 20 heavy (non-hydrogen) atoms. The lowest BCUT2D eigenvalue weighted by Gasteiger charge is -2.22. The van der Waals surface area contributed by atoms with Crippen LogP contribution in [-0.2, 0) is 11.3 Å². The average molecular weight is 341 g/mol. The SMILES string of the molecule is CCC1CCN(c2ccc(Br)cc2CNCCOC)C1. The van der Waals surface area contributed by atoms with E-state index in [2.05, 4.69) is 51.3 Å². The molecule has 1 aromatic rings. The maximum Gasteiger partial charge on any atom is 0.0587 e. The molecule has 1 aliphatic heterocycles. The first-order chi connectivity index (χ1) is 9.74. The summed E-state index contributed by atoms with van der Waals surface area (Å²) in [4.78, 5) is 2.54. The van der Waals surface area contributed by atoms with Gasteiger partial charge in [0.05, 0.1) is 6.61 Å². The van der Waals surface area contributed by atoms with E-state index >= 15 is 0 Å². The van der Waals surface area contributed by atoms with Gasteiger partial charge in [-0.05, 0) is 36.1 Å². The summed E-state index contributed by atoms with van der Waals surface area (Å²) in [5, 5.41) is 3.45. The summed E-state index contributed by atoms with van der Waals surface area (Å²) in [5.41, 5.74) is 2.75. The molecule has 0 bridgehead atoms. The third kappa shape index (κ3) is 4.21. The maximum absolute atomic E-state index is 5.08. The van der Waals surface area contributed by atoms with Gasteiger partial charge in [0.15, 0.2) is 0 Å². The van der Waals surface area contributed by atoms with Crippen LogP contribution in [0.3, 0.4) is 0 Å². The molecular weight excluding hydrogens is 316 g/mol. The Hall–Kier alpha value is -0.580. The number of ether oxygens (including phenoxy) is 1. The van der Waals surface area contributed by atoms with Crippen molar-refractivity contribution >= 4 is 21.6 Å². The predicted octanol–water partition coefficient (Wildman–Crippen LogP) is 3.42. The lowest BCUT2D eigenvalue weighted by molar-refractivity contribution is 0.199. The van der Waals surface area contributed by atoms with Crippen LogP contribution in [0.15, 0.2) is 22.7 Å². The minimum atomic E-state index is 0.755. The molecule has 1 aromatic carbocycles. The molecule has 0 amide bonds. The Kier molecular flexibility index (Phi) is 6.33. The van der Waals surface area contributed by atoms with E-state index in [1.807, 2.05) is 0 Å². The number of hydrogen-bond donors (Lipinski definition) is 1. The summed E-state index contributed by atoms with van der Waals surface area (Å²) in [6.45, 7) is 7.22. The summed E-state index contributed by atoms with van der Waals surface area (Å²) < 4.78 is 6.23. The largest absolute Gasteiger partial charge is 0.383 e. The minimum Gasteiger partial charge on any atom is -0.383 e. The molecule has 1 fully saturated rings. The standard InChI is InChI=1S/C16H25BrN2O/c1-3-13-6-8-19(12-13)16-5-4-15(17)10-14(16)11-18-7-9-20-2/h4-5,10,13,18H,3,6-9,11-12H2,1-2H3. The molecule has 1 aliphatic rings. The Morgan fingerprint density at radius 3 is 3.00 bits per heavy atom. The molecule has 4 heteroatoms. The molecule has 0 radical (unpaired) electrons. The van der Waals surface area contributed by atoms with Crippen molar-refractivity contribution in [2.45, 2.75) is 26.3 Å². The molecule has 1 heterocycles. The van der Waals surface area contributed by atoms with Crippen LogP contribution in [0.25, 0.3) is 0 Å². The molecule has 0 aliphatic carbocycles. The number of methoxy groups -OCH3 is 1. The van der Waals surface area contributed by atoms with Crippen LogP contribution in [0, 0.1) is 5.92 Å². The summed E-state index contributed by atoms with van der Waals surface area (Å²) in [5.74, 6) is 0.855. The number of nitrogens with one attached hydrogen (secondary N) is 1. The van der Waals surface area contributed by atoms with Crippen molar-refractivity contribution in [1.82, 2.24) is 5.32 Å². The molecule has 1 unspecified atom stereocenters. The molecule has 3 nitrogen and oxygen atoms in total. The molecular formula is C16H25BrN2O. The third-order valence-electron chi connectivity index (χ3n) is 4.04. The zero-order valence-corrected chi connectivity index (χ0v) is 14.1. The Morgan fingerprint density at radius 2 is 2.30 bits per heavy atom. The first-order valence-electron chi connectivity index (χ1n) is 7.47. The van der Waals surface area contributed by atoms with Crippen LogP contribution < -0.4 is 10.2 Å². The molecule has 2 rings (SSSR count). The van der Waals surface area contributed by atoms with E-state index in [-0.39, 0.29) is 0 Å². The summed E-state index contributed by atoms with van der Waals surface area (Å²) >= 11 is 3.58. The van der Waals surface area contributed by atoms with Crippen molar-refractivity contribution in [2.75, 3.05) is 38.3 Å². The van der Waals surface area contributed by atoms with Gasteiger partial charge in [-0.2, -0.15) is 0 Å². The van der Waals surface area contributed by atoms with Gasteiger partial charge in [0.1, 0.15) is 0 Å². The molecule has 1 N–H and O–H groups in total. The van der Waals surface area contributed by atoms with Crippen molar-refractivity contribution in [3.05, 3.63) is 28.2 Å². The number of rotatable bonds is 7. The normalized spacial score (nSPS) is 18.8. The van der Waals surface area contributed by atoms with Crippen LogP contribution in [0.1, 0.15) is 25.3 Å². The van der Waals surface area contributed by atoms with Crippen molar-refractivity contribution in [2.24, 2.45) is 5.92 Å².